The van der Waals surface area contributed by atoms with Crippen molar-refractivity contribution in [2.24, 2.45) is 0 Å². The van der Waals surface area contributed by atoms with Crippen LogP contribution in [0.15, 0.2) is 194 Å². The van der Waals surface area contributed by atoms with Crippen molar-refractivity contribution in [2.75, 3.05) is 4.90 Å². The lowest BCUT2D eigenvalue weighted by molar-refractivity contribution is 1.18. The van der Waals surface area contributed by atoms with E-state index in [1.54, 1.807) is 0 Å². The molecule has 2 nitrogen and oxygen atoms in total. The highest BCUT2D eigenvalue weighted by Crippen LogP contribution is 2.38. The number of aromatic nitrogens is 1. The summed E-state index contributed by atoms with van der Waals surface area (Å²) >= 11 is 0. The average Bonchev–Trinajstić information content (AvgIpc) is 3.53. The van der Waals surface area contributed by atoms with Gasteiger partial charge >= 0.3 is 0 Å². The molecule has 1 heterocycles. The van der Waals surface area contributed by atoms with Gasteiger partial charge in [0.25, 0.3) is 0 Å². The number of para-hydroxylation sites is 3. The maximum absolute atomic E-state index is 2.36. The highest BCUT2D eigenvalue weighted by atomic mass is 15.1. The van der Waals surface area contributed by atoms with Gasteiger partial charge in [0.2, 0.25) is 0 Å². The van der Waals surface area contributed by atoms with Crippen molar-refractivity contribution in [3.8, 4) is 39.1 Å². The number of nitrogens with zero attached hydrogens (tertiary/aromatic N) is 2. The third kappa shape index (κ3) is 5.85. The summed E-state index contributed by atoms with van der Waals surface area (Å²) in [5.41, 5.74) is 16.7. The van der Waals surface area contributed by atoms with E-state index in [2.05, 4.69) is 217 Å². The first kappa shape index (κ1) is 31.3. The number of hydrogen-bond acceptors (Lipinski definition) is 1. The van der Waals surface area contributed by atoms with Gasteiger partial charge in [-0.1, -0.05) is 139 Å². The average molecular weight is 667 g/mol. The van der Waals surface area contributed by atoms with Crippen molar-refractivity contribution in [1.82, 2.24) is 4.57 Å². The minimum atomic E-state index is 1.11. The fraction of sp³-hybridized carbons (Fsp3) is 0.0400. The summed E-state index contributed by atoms with van der Waals surface area (Å²) in [5.74, 6) is 0. The molecule has 0 bridgehead atoms. The monoisotopic (exact) mass is 666 g/mol. The largest absolute Gasteiger partial charge is 0.310 e. The first-order valence-electron chi connectivity index (χ1n) is 17.9. The fourth-order valence-corrected chi connectivity index (χ4v) is 7.68. The van der Waals surface area contributed by atoms with Crippen molar-refractivity contribution < 1.29 is 0 Å². The normalized spacial score (nSPS) is 11.3. The van der Waals surface area contributed by atoms with Gasteiger partial charge < -0.3 is 9.47 Å². The van der Waals surface area contributed by atoms with Crippen LogP contribution in [0.2, 0.25) is 0 Å². The van der Waals surface area contributed by atoms with E-state index in [1.807, 2.05) is 0 Å². The van der Waals surface area contributed by atoms with Crippen LogP contribution in [0.3, 0.4) is 0 Å². The molecule has 1 aromatic heterocycles. The Morgan fingerprint density at radius 1 is 0.327 bits per heavy atom. The van der Waals surface area contributed by atoms with Crippen molar-refractivity contribution in [3.05, 3.63) is 205 Å². The molecule has 52 heavy (non-hydrogen) atoms. The van der Waals surface area contributed by atoms with E-state index in [1.165, 1.54) is 66.3 Å². The third-order valence-electron chi connectivity index (χ3n) is 10.0. The molecule has 0 radical (unpaired) electrons. The molecular weight excluding hydrogens is 629 g/mol. The van der Waals surface area contributed by atoms with Gasteiger partial charge in [0.15, 0.2) is 0 Å². The van der Waals surface area contributed by atoms with E-state index in [0.29, 0.717) is 0 Å². The number of hydrogen-bond donors (Lipinski definition) is 0. The molecule has 2 heteroatoms. The molecule has 0 aliphatic rings. The van der Waals surface area contributed by atoms with Crippen LogP contribution < -0.4 is 4.90 Å². The Balaban J connectivity index is 1.04. The molecule has 0 aliphatic heterocycles. The summed E-state index contributed by atoms with van der Waals surface area (Å²) in [6.07, 6.45) is 0. The Morgan fingerprint density at radius 3 is 1.44 bits per heavy atom. The second kappa shape index (κ2) is 13.2. The number of fused-ring (bicyclic) bond motifs is 3. The molecule has 0 N–H and O–H groups in total. The van der Waals surface area contributed by atoms with E-state index in [0.717, 1.165) is 22.7 Å². The van der Waals surface area contributed by atoms with Crippen LogP contribution in [0.25, 0.3) is 60.9 Å². The van der Waals surface area contributed by atoms with Crippen LogP contribution in [0.5, 0.6) is 0 Å². The molecule has 0 saturated heterocycles. The minimum absolute atomic E-state index is 1.11. The fourth-order valence-electron chi connectivity index (χ4n) is 7.68. The van der Waals surface area contributed by atoms with E-state index in [-0.39, 0.29) is 0 Å². The maximum atomic E-state index is 2.36. The number of rotatable bonds is 7. The van der Waals surface area contributed by atoms with E-state index in [9.17, 15) is 0 Å². The molecule has 0 fully saturated rings. The van der Waals surface area contributed by atoms with E-state index >= 15 is 0 Å². The van der Waals surface area contributed by atoms with Crippen molar-refractivity contribution in [3.63, 3.8) is 0 Å². The minimum Gasteiger partial charge on any atom is -0.310 e. The van der Waals surface area contributed by atoms with Gasteiger partial charge in [0, 0.05) is 33.5 Å². The van der Waals surface area contributed by atoms with Crippen LogP contribution in [0.4, 0.5) is 17.1 Å². The second-order valence-electron chi connectivity index (χ2n) is 13.6. The molecule has 9 rings (SSSR count). The maximum Gasteiger partial charge on any atom is 0.0541 e. The van der Waals surface area contributed by atoms with Crippen molar-refractivity contribution >= 4 is 38.9 Å². The molecule has 0 spiro atoms. The smallest absolute Gasteiger partial charge is 0.0541 e. The van der Waals surface area contributed by atoms with Gasteiger partial charge in [-0.15, -0.1) is 0 Å². The standard InChI is InChI=1S/C50H38N2/c1-35-30-36(2)32-42(31-35)40-13-10-12-39(33-40)41-14-11-17-46(34-41)51(43-15-4-3-5-16-43)44-26-22-37(23-27-44)38-24-28-45(29-25-38)52-49-20-8-6-18-47(49)48-19-7-9-21-50(48)52/h3-34H,1-2H3. The van der Waals surface area contributed by atoms with Crippen LogP contribution in [0, 0.1) is 13.8 Å². The molecule has 0 amide bonds. The Kier molecular flexibility index (Phi) is 7.98. The van der Waals surface area contributed by atoms with Crippen LogP contribution >= 0.6 is 0 Å². The quantitative estimate of drug-likeness (QED) is 0.164. The van der Waals surface area contributed by atoms with Gasteiger partial charge in [-0.05, 0) is 114 Å². The zero-order valence-electron chi connectivity index (χ0n) is 29.4. The SMILES string of the molecule is Cc1cc(C)cc(-c2cccc(-c3cccc(N(c4ccccc4)c4ccc(-c5ccc(-n6c7ccccc7c7ccccc76)cc5)cc4)c3)c2)c1. The summed E-state index contributed by atoms with van der Waals surface area (Å²) in [6.45, 7) is 4.33. The van der Waals surface area contributed by atoms with Crippen LogP contribution in [-0.4, -0.2) is 4.57 Å². The Hall–Kier alpha value is -6.64. The van der Waals surface area contributed by atoms with Gasteiger partial charge in [-0.3, -0.25) is 0 Å². The van der Waals surface area contributed by atoms with Crippen molar-refractivity contribution in [1.29, 1.82) is 0 Å². The van der Waals surface area contributed by atoms with Gasteiger partial charge in [-0.25, -0.2) is 0 Å². The highest BCUT2D eigenvalue weighted by molar-refractivity contribution is 6.09. The summed E-state index contributed by atoms with van der Waals surface area (Å²) in [6, 6.07) is 70.3. The lowest BCUT2D eigenvalue weighted by atomic mass is 9.96. The highest BCUT2D eigenvalue weighted by Gasteiger charge is 2.15. The number of benzene rings is 8. The third-order valence-corrected chi connectivity index (χ3v) is 10.0. The zero-order chi connectivity index (χ0) is 35.0. The number of anilines is 3. The van der Waals surface area contributed by atoms with Crippen LogP contribution in [-0.2, 0) is 0 Å². The first-order valence-corrected chi connectivity index (χ1v) is 17.9. The van der Waals surface area contributed by atoms with Crippen molar-refractivity contribution in [2.45, 2.75) is 13.8 Å². The van der Waals surface area contributed by atoms with Gasteiger partial charge in [0.1, 0.15) is 0 Å². The topological polar surface area (TPSA) is 8.17 Å². The Labute approximate surface area is 305 Å². The van der Waals surface area contributed by atoms with Gasteiger partial charge in [0.05, 0.1) is 11.0 Å². The zero-order valence-corrected chi connectivity index (χ0v) is 29.4. The van der Waals surface area contributed by atoms with Gasteiger partial charge in [-0.2, -0.15) is 0 Å². The predicted molar refractivity (Wildman–Crippen MR) is 221 cm³/mol. The summed E-state index contributed by atoms with van der Waals surface area (Å²) in [7, 11) is 0. The molecular formula is C50H38N2. The molecule has 8 aromatic carbocycles. The molecule has 0 aliphatic carbocycles. The molecule has 248 valence electrons. The Bertz CT molecular complexity index is 2610. The summed E-state index contributed by atoms with van der Waals surface area (Å²) < 4.78 is 2.36. The summed E-state index contributed by atoms with van der Waals surface area (Å²) in [4.78, 5) is 2.34. The lowest BCUT2D eigenvalue weighted by Gasteiger charge is -2.26. The first-order chi connectivity index (χ1) is 25.6. The Morgan fingerprint density at radius 2 is 0.808 bits per heavy atom. The molecule has 0 unspecified atom stereocenters. The van der Waals surface area contributed by atoms with E-state index < -0.39 is 0 Å². The van der Waals surface area contributed by atoms with E-state index in [4.69, 9.17) is 0 Å². The molecule has 0 saturated carbocycles. The number of aryl methyl sites for hydroxylation is 2. The summed E-state index contributed by atoms with van der Waals surface area (Å²) in [5, 5.41) is 2.55. The van der Waals surface area contributed by atoms with Crippen LogP contribution in [0.1, 0.15) is 11.1 Å². The lowest BCUT2D eigenvalue weighted by Crippen LogP contribution is -2.09. The molecule has 0 atom stereocenters. The molecule has 9 aromatic rings. The second-order valence-corrected chi connectivity index (χ2v) is 13.6. The predicted octanol–water partition coefficient (Wildman–Crippen LogP) is 13.9.